The molecule has 0 aliphatic heterocycles. The van der Waals surface area contributed by atoms with Crippen molar-refractivity contribution in [3.63, 3.8) is 0 Å². The highest BCUT2D eigenvalue weighted by Gasteiger charge is 2.35. The van der Waals surface area contributed by atoms with Crippen LogP contribution < -0.4 is 5.19 Å². The lowest BCUT2D eigenvalue weighted by Gasteiger charge is -2.32. The second-order valence-corrected chi connectivity index (χ2v) is 13.2. The van der Waals surface area contributed by atoms with Crippen LogP contribution in [0.15, 0.2) is 42.0 Å². The third kappa shape index (κ3) is 2.56. The highest BCUT2D eigenvalue weighted by molar-refractivity contribution is 6.92. The average molecular weight is 309 g/mol. The molecule has 0 atom stereocenters. The normalized spacial score (nSPS) is 18.0. The quantitative estimate of drug-likeness (QED) is 0.646. The molecule has 1 heteroatoms. The molecule has 116 valence electrons. The molecule has 0 aromatic heterocycles. The zero-order chi connectivity index (χ0) is 16.1. The van der Waals surface area contributed by atoms with Crippen molar-refractivity contribution in [2.45, 2.75) is 58.2 Å². The Morgan fingerprint density at radius 1 is 1.05 bits per heavy atom. The van der Waals surface area contributed by atoms with Crippen molar-refractivity contribution in [2.24, 2.45) is 0 Å². The SMILES string of the molecule is CC1=Cc2cc(C(C)(C)C)cc([Si](C)(C)C3C=CC=C3)c2C1. The lowest BCUT2D eigenvalue weighted by Crippen LogP contribution is -2.47. The van der Waals surface area contributed by atoms with E-state index < -0.39 is 8.07 Å². The van der Waals surface area contributed by atoms with Gasteiger partial charge in [0.1, 0.15) is 0 Å². The van der Waals surface area contributed by atoms with Gasteiger partial charge in [-0.05, 0) is 41.0 Å². The van der Waals surface area contributed by atoms with E-state index in [0.29, 0.717) is 5.54 Å². The monoisotopic (exact) mass is 308 g/mol. The lowest BCUT2D eigenvalue weighted by molar-refractivity contribution is 0.590. The van der Waals surface area contributed by atoms with Crippen molar-refractivity contribution < 1.29 is 0 Å². The molecule has 3 rings (SSSR count). The van der Waals surface area contributed by atoms with Crippen LogP contribution in [0.1, 0.15) is 44.4 Å². The van der Waals surface area contributed by atoms with Gasteiger partial charge in [0, 0.05) is 0 Å². The summed E-state index contributed by atoms with van der Waals surface area (Å²) in [4.78, 5) is 0. The first-order valence-electron chi connectivity index (χ1n) is 8.39. The van der Waals surface area contributed by atoms with E-state index in [1.807, 2.05) is 0 Å². The van der Waals surface area contributed by atoms with Gasteiger partial charge in [0.25, 0.3) is 0 Å². The number of rotatable bonds is 2. The summed E-state index contributed by atoms with van der Waals surface area (Å²) in [5.41, 5.74) is 6.92. The molecular weight excluding hydrogens is 280 g/mol. The summed E-state index contributed by atoms with van der Waals surface area (Å²) in [7, 11) is -1.55. The van der Waals surface area contributed by atoms with Gasteiger partial charge in [-0.15, -0.1) is 0 Å². The van der Waals surface area contributed by atoms with Crippen LogP contribution in [0.5, 0.6) is 0 Å². The molecule has 0 N–H and O–H groups in total. The molecule has 0 amide bonds. The molecule has 0 spiro atoms. The fraction of sp³-hybridized carbons (Fsp3) is 0.429. The van der Waals surface area contributed by atoms with E-state index >= 15 is 0 Å². The Labute approximate surface area is 136 Å². The first-order valence-corrected chi connectivity index (χ1v) is 11.5. The molecule has 22 heavy (non-hydrogen) atoms. The summed E-state index contributed by atoms with van der Waals surface area (Å²) < 4.78 is 0. The summed E-state index contributed by atoms with van der Waals surface area (Å²) in [6.45, 7) is 14.3. The van der Waals surface area contributed by atoms with Crippen LogP contribution in [0.4, 0.5) is 0 Å². The van der Waals surface area contributed by atoms with Gasteiger partial charge < -0.3 is 0 Å². The van der Waals surface area contributed by atoms with Crippen molar-refractivity contribution in [1.29, 1.82) is 0 Å². The van der Waals surface area contributed by atoms with Gasteiger partial charge in [-0.2, -0.15) is 0 Å². The Kier molecular flexibility index (Phi) is 3.60. The number of hydrogen-bond acceptors (Lipinski definition) is 0. The summed E-state index contributed by atoms with van der Waals surface area (Å²) in [6, 6.07) is 4.97. The van der Waals surface area contributed by atoms with E-state index in [1.165, 1.54) is 16.7 Å². The Balaban J connectivity index is 2.18. The molecule has 0 nitrogen and oxygen atoms in total. The van der Waals surface area contributed by atoms with Crippen LogP contribution in [0.3, 0.4) is 0 Å². The minimum Gasteiger partial charge on any atom is -0.0800 e. The van der Waals surface area contributed by atoms with Gasteiger partial charge in [0.15, 0.2) is 0 Å². The topological polar surface area (TPSA) is 0 Å². The molecule has 1 aromatic rings. The summed E-state index contributed by atoms with van der Waals surface area (Å²) in [5, 5.41) is 1.67. The van der Waals surface area contributed by atoms with Gasteiger partial charge in [0.2, 0.25) is 0 Å². The molecule has 0 saturated carbocycles. The van der Waals surface area contributed by atoms with Crippen LogP contribution >= 0.6 is 0 Å². The van der Waals surface area contributed by atoms with Crippen LogP contribution in [0.2, 0.25) is 18.6 Å². The average Bonchev–Trinajstić information content (AvgIpc) is 3.03. The minimum absolute atomic E-state index is 0.208. The Hall–Kier alpha value is -1.34. The summed E-state index contributed by atoms with van der Waals surface area (Å²) in [5.74, 6) is 0. The molecule has 0 unspecified atom stereocenters. The Bertz CT molecular complexity index is 681. The van der Waals surface area contributed by atoms with Crippen molar-refractivity contribution in [3.8, 4) is 0 Å². The van der Waals surface area contributed by atoms with E-state index in [1.54, 1.807) is 10.8 Å². The molecular formula is C21H28Si. The minimum atomic E-state index is -1.55. The fourth-order valence-electron chi connectivity index (χ4n) is 3.72. The van der Waals surface area contributed by atoms with Gasteiger partial charge in [-0.1, -0.05) is 87.1 Å². The van der Waals surface area contributed by atoms with E-state index in [9.17, 15) is 0 Å². The van der Waals surface area contributed by atoms with Crippen molar-refractivity contribution in [2.75, 3.05) is 0 Å². The third-order valence-electron chi connectivity index (χ3n) is 5.28. The van der Waals surface area contributed by atoms with Crippen LogP contribution in [0, 0.1) is 0 Å². The zero-order valence-corrected chi connectivity index (χ0v) is 15.8. The smallest absolute Gasteiger partial charge is 0.0800 e. The predicted octanol–water partition coefficient (Wildman–Crippen LogP) is 5.36. The molecule has 0 bridgehead atoms. The second-order valence-electron chi connectivity index (χ2n) is 8.53. The maximum atomic E-state index is 2.54. The molecule has 0 saturated heterocycles. The maximum absolute atomic E-state index is 2.54. The van der Waals surface area contributed by atoms with Gasteiger partial charge in [0.05, 0.1) is 8.07 Å². The summed E-state index contributed by atoms with van der Waals surface area (Å²) >= 11 is 0. The highest BCUT2D eigenvalue weighted by atomic mass is 28.3. The first-order chi connectivity index (χ1) is 10.2. The standard InChI is InChI=1S/C21H28Si/c1-15-11-16-13-17(21(2,3)4)14-20(19(16)12-15)22(5,6)18-9-7-8-10-18/h7-11,13-14,18H,12H2,1-6H3. The van der Waals surface area contributed by atoms with Crippen LogP contribution in [0.25, 0.3) is 6.08 Å². The van der Waals surface area contributed by atoms with E-state index in [0.717, 1.165) is 6.42 Å². The van der Waals surface area contributed by atoms with E-state index in [2.05, 4.69) is 83.3 Å². The molecule has 0 radical (unpaired) electrons. The zero-order valence-electron chi connectivity index (χ0n) is 14.8. The molecule has 1 aromatic carbocycles. The van der Waals surface area contributed by atoms with Crippen molar-refractivity contribution in [1.82, 2.24) is 0 Å². The summed E-state index contributed by atoms with van der Waals surface area (Å²) in [6.07, 6.45) is 12.8. The van der Waals surface area contributed by atoms with Gasteiger partial charge >= 0.3 is 0 Å². The van der Waals surface area contributed by atoms with Gasteiger partial charge in [-0.25, -0.2) is 0 Å². The predicted molar refractivity (Wildman–Crippen MR) is 102 cm³/mol. The van der Waals surface area contributed by atoms with Gasteiger partial charge in [-0.3, -0.25) is 0 Å². The Morgan fingerprint density at radius 3 is 2.27 bits per heavy atom. The van der Waals surface area contributed by atoms with E-state index in [4.69, 9.17) is 0 Å². The Morgan fingerprint density at radius 2 is 1.68 bits per heavy atom. The highest BCUT2D eigenvalue weighted by Crippen LogP contribution is 2.35. The molecule has 0 heterocycles. The van der Waals surface area contributed by atoms with E-state index in [-0.39, 0.29) is 5.41 Å². The number of hydrogen-bond donors (Lipinski definition) is 0. The first kappa shape index (κ1) is 15.5. The molecule has 2 aliphatic rings. The number of fused-ring (bicyclic) bond motifs is 1. The molecule has 2 aliphatic carbocycles. The van der Waals surface area contributed by atoms with Crippen molar-refractivity contribution in [3.05, 3.63) is 58.7 Å². The maximum Gasteiger partial charge on any atom is 0.0915 e. The van der Waals surface area contributed by atoms with Crippen LogP contribution in [-0.4, -0.2) is 8.07 Å². The van der Waals surface area contributed by atoms with Crippen LogP contribution in [-0.2, 0) is 11.8 Å². The second kappa shape index (κ2) is 5.09. The largest absolute Gasteiger partial charge is 0.0915 e. The molecule has 0 fully saturated rings. The third-order valence-corrected chi connectivity index (χ3v) is 9.17. The lowest BCUT2D eigenvalue weighted by atomic mass is 9.85. The van der Waals surface area contributed by atoms with Crippen molar-refractivity contribution >= 4 is 19.3 Å². The number of allylic oxidation sites excluding steroid dienone is 5. The number of benzene rings is 1. The fourth-order valence-corrected chi connectivity index (χ4v) is 6.80.